The van der Waals surface area contributed by atoms with Gasteiger partial charge in [0.05, 0.1) is 27.7 Å². The largest absolute Gasteiger partial charge is 0.398 e. The Kier molecular flexibility index (Phi) is 4.18. The van der Waals surface area contributed by atoms with E-state index in [0.717, 1.165) is 10.7 Å². The molecule has 0 bridgehead atoms. The molecule has 0 aliphatic rings. The molecule has 110 valence electrons. The standard InChI is InChI=1S/C13H14N4O3S/c1-8-15-9(7-21-8)6-16(2)13(18)11-5-10(17(19)20)3-4-12(11)14/h3-5,7H,6,14H2,1-2H3. The molecule has 2 rings (SSSR count). The van der Waals surface area contributed by atoms with Gasteiger partial charge in [-0.15, -0.1) is 11.3 Å². The number of nitrogens with two attached hydrogens (primary N) is 1. The zero-order valence-corrected chi connectivity index (χ0v) is 12.4. The quantitative estimate of drug-likeness (QED) is 0.530. The lowest BCUT2D eigenvalue weighted by Gasteiger charge is -2.16. The minimum Gasteiger partial charge on any atom is -0.398 e. The molecule has 0 unspecified atom stereocenters. The van der Waals surface area contributed by atoms with Crippen molar-refractivity contribution < 1.29 is 9.72 Å². The number of nitro benzene ring substituents is 1. The number of thiazole rings is 1. The Morgan fingerprint density at radius 1 is 1.52 bits per heavy atom. The smallest absolute Gasteiger partial charge is 0.270 e. The molecule has 1 amide bonds. The highest BCUT2D eigenvalue weighted by molar-refractivity contribution is 7.09. The van der Waals surface area contributed by atoms with Crippen LogP contribution in [-0.2, 0) is 6.54 Å². The number of anilines is 1. The monoisotopic (exact) mass is 306 g/mol. The van der Waals surface area contributed by atoms with E-state index >= 15 is 0 Å². The number of nitro groups is 1. The average Bonchev–Trinajstić information content (AvgIpc) is 2.83. The second-order valence-corrected chi connectivity index (χ2v) is 5.61. The Bertz CT molecular complexity index is 698. The van der Waals surface area contributed by atoms with Gasteiger partial charge >= 0.3 is 0 Å². The second kappa shape index (κ2) is 5.88. The zero-order valence-electron chi connectivity index (χ0n) is 11.6. The molecule has 21 heavy (non-hydrogen) atoms. The molecule has 0 radical (unpaired) electrons. The van der Waals surface area contributed by atoms with E-state index in [0.29, 0.717) is 6.54 Å². The fraction of sp³-hybridized carbons (Fsp3) is 0.231. The van der Waals surface area contributed by atoms with Crippen LogP contribution in [0.15, 0.2) is 23.6 Å². The Morgan fingerprint density at radius 2 is 2.24 bits per heavy atom. The summed E-state index contributed by atoms with van der Waals surface area (Å²) in [6.45, 7) is 2.21. The number of aromatic nitrogens is 1. The van der Waals surface area contributed by atoms with Gasteiger partial charge in [0.1, 0.15) is 0 Å². The number of nitrogen functional groups attached to an aromatic ring is 1. The Hall–Kier alpha value is -2.48. The van der Waals surface area contributed by atoms with Crippen LogP contribution in [0, 0.1) is 17.0 Å². The topological polar surface area (TPSA) is 102 Å². The maximum atomic E-state index is 12.4. The molecule has 2 aromatic rings. The van der Waals surface area contributed by atoms with Crippen molar-refractivity contribution in [3.8, 4) is 0 Å². The third kappa shape index (κ3) is 3.34. The molecule has 0 atom stereocenters. The molecular formula is C13H14N4O3S. The number of benzene rings is 1. The normalized spacial score (nSPS) is 10.4. The fourth-order valence-electron chi connectivity index (χ4n) is 1.84. The van der Waals surface area contributed by atoms with Crippen molar-refractivity contribution in [1.82, 2.24) is 9.88 Å². The maximum absolute atomic E-state index is 12.4. The minimum absolute atomic E-state index is 0.124. The van der Waals surface area contributed by atoms with Crippen LogP contribution in [0.3, 0.4) is 0 Å². The molecule has 0 saturated carbocycles. The molecule has 1 heterocycles. The van der Waals surface area contributed by atoms with E-state index in [1.54, 1.807) is 7.05 Å². The fourth-order valence-corrected chi connectivity index (χ4v) is 2.45. The summed E-state index contributed by atoms with van der Waals surface area (Å²) in [4.78, 5) is 28.3. The Balaban J connectivity index is 2.22. The van der Waals surface area contributed by atoms with Crippen LogP contribution in [0.2, 0.25) is 0 Å². The molecule has 0 aliphatic carbocycles. The first-order chi connectivity index (χ1) is 9.88. The van der Waals surface area contributed by atoms with Crippen LogP contribution in [0.1, 0.15) is 21.1 Å². The van der Waals surface area contributed by atoms with Gasteiger partial charge in [-0.3, -0.25) is 14.9 Å². The molecular weight excluding hydrogens is 292 g/mol. The van der Waals surface area contributed by atoms with Crippen molar-refractivity contribution in [3.63, 3.8) is 0 Å². The van der Waals surface area contributed by atoms with Crippen molar-refractivity contribution in [2.45, 2.75) is 13.5 Å². The number of carbonyl (C=O) groups excluding carboxylic acids is 1. The number of amides is 1. The summed E-state index contributed by atoms with van der Waals surface area (Å²) in [5.74, 6) is -0.373. The number of non-ortho nitro benzene ring substituents is 1. The first-order valence-corrected chi connectivity index (χ1v) is 6.97. The lowest BCUT2D eigenvalue weighted by atomic mass is 10.1. The number of nitrogens with zero attached hydrogens (tertiary/aromatic N) is 3. The van der Waals surface area contributed by atoms with Crippen LogP contribution in [-0.4, -0.2) is 27.8 Å². The summed E-state index contributed by atoms with van der Waals surface area (Å²) in [5, 5.41) is 13.6. The maximum Gasteiger partial charge on any atom is 0.270 e. The summed E-state index contributed by atoms with van der Waals surface area (Å²) in [6.07, 6.45) is 0. The van der Waals surface area contributed by atoms with Crippen LogP contribution >= 0.6 is 11.3 Å². The van der Waals surface area contributed by atoms with Crippen LogP contribution in [0.4, 0.5) is 11.4 Å². The number of aryl methyl sites for hydroxylation is 1. The van der Waals surface area contributed by atoms with E-state index in [1.165, 1.54) is 34.4 Å². The van der Waals surface area contributed by atoms with Crippen molar-refractivity contribution in [2.75, 3.05) is 12.8 Å². The predicted molar refractivity (Wildman–Crippen MR) is 80.2 cm³/mol. The SMILES string of the molecule is Cc1nc(CN(C)C(=O)c2cc([N+](=O)[O-])ccc2N)cs1. The van der Waals surface area contributed by atoms with E-state index in [2.05, 4.69) is 4.98 Å². The van der Waals surface area contributed by atoms with Gasteiger partial charge in [0.15, 0.2) is 0 Å². The first-order valence-electron chi connectivity index (χ1n) is 6.09. The summed E-state index contributed by atoms with van der Waals surface area (Å²) in [5.41, 5.74) is 6.69. The van der Waals surface area contributed by atoms with Gasteiger partial charge in [0.2, 0.25) is 0 Å². The minimum atomic E-state index is -0.556. The Morgan fingerprint density at radius 3 is 2.81 bits per heavy atom. The highest BCUT2D eigenvalue weighted by Gasteiger charge is 2.19. The van der Waals surface area contributed by atoms with E-state index in [4.69, 9.17) is 5.73 Å². The van der Waals surface area contributed by atoms with Crippen molar-refractivity contribution in [1.29, 1.82) is 0 Å². The second-order valence-electron chi connectivity index (χ2n) is 4.55. The lowest BCUT2D eigenvalue weighted by Crippen LogP contribution is -2.27. The summed E-state index contributed by atoms with van der Waals surface area (Å²) in [6, 6.07) is 3.84. The molecule has 7 nitrogen and oxygen atoms in total. The highest BCUT2D eigenvalue weighted by Crippen LogP contribution is 2.21. The zero-order chi connectivity index (χ0) is 15.6. The summed E-state index contributed by atoms with van der Waals surface area (Å²) in [7, 11) is 1.61. The molecule has 1 aromatic heterocycles. The van der Waals surface area contributed by atoms with E-state index in [1.807, 2.05) is 12.3 Å². The number of rotatable bonds is 4. The van der Waals surface area contributed by atoms with Crippen molar-refractivity contribution >= 4 is 28.6 Å². The molecule has 1 aromatic carbocycles. The lowest BCUT2D eigenvalue weighted by molar-refractivity contribution is -0.384. The Labute approximate surface area is 125 Å². The average molecular weight is 306 g/mol. The van der Waals surface area contributed by atoms with Crippen molar-refractivity contribution in [2.24, 2.45) is 0 Å². The number of carbonyl (C=O) groups is 1. The number of hydrogen-bond donors (Lipinski definition) is 1. The van der Waals surface area contributed by atoms with E-state index < -0.39 is 4.92 Å². The molecule has 2 N–H and O–H groups in total. The summed E-state index contributed by atoms with van der Waals surface area (Å²) >= 11 is 1.50. The predicted octanol–water partition coefficient (Wildman–Crippen LogP) is 2.21. The molecule has 8 heteroatoms. The van der Waals surface area contributed by atoms with Crippen LogP contribution < -0.4 is 5.73 Å². The molecule has 0 spiro atoms. The third-order valence-electron chi connectivity index (χ3n) is 2.89. The van der Waals surface area contributed by atoms with E-state index in [-0.39, 0.29) is 22.8 Å². The molecule has 0 saturated heterocycles. The van der Waals surface area contributed by atoms with Crippen LogP contribution in [0.5, 0.6) is 0 Å². The van der Waals surface area contributed by atoms with Gasteiger partial charge in [0, 0.05) is 30.2 Å². The summed E-state index contributed by atoms with van der Waals surface area (Å²) < 4.78 is 0. The van der Waals surface area contributed by atoms with E-state index in [9.17, 15) is 14.9 Å². The third-order valence-corrected chi connectivity index (χ3v) is 3.71. The first kappa shape index (κ1) is 14.9. The van der Waals surface area contributed by atoms with Crippen LogP contribution in [0.25, 0.3) is 0 Å². The van der Waals surface area contributed by atoms with Gasteiger partial charge in [0.25, 0.3) is 11.6 Å². The molecule has 0 aliphatic heterocycles. The van der Waals surface area contributed by atoms with Gasteiger partial charge in [-0.1, -0.05) is 0 Å². The van der Waals surface area contributed by atoms with Gasteiger partial charge in [-0.2, -0.15) is 0 Å². The number of hydrogen-bond acceptors (Lipinski definition) is 6. The highest BCUT2D eigenvalue weighted by atomic mass is 32.1. The molecule has 0 fully saturated rings. The van der Waals surface area contributed by atoms with Gasteiger partial charge < -0.3 is 10.6 Å². The van der Waals surface area contributed by atoms with Crippen molar-refractivity contribution in [3.05, 3.63) is 50.0 Å². The van der Waals surface area contributed by atoms with Gasteiger partial charge in [-0.25, -0.2) is 4.98 Å². The van der Waals surface area contributed by atoms with Gasteiger partial charge in [-0.05, 0) is 13.0 Å².